The fraction of sp³-hybridized carbons (Fsp3) is 0.455. The van der Waals surface area contributed by atoms with Gasteiger partial charge in [0.05, 0.1) is 12.7 Å². The minimum absolute atomic E-state index is 0.0349. The van der Waals surface area contributed by atoms with Crippen molar-refractivity contribution in [3.63, 3.8) is 0 Å². The summed E-state index contributed by atoms with van der Waals surface area (Å²) in [5.41, 5.74) is 4.84. The number of aromatic nitrogens is 2. The first-order chi connectivity index (χ1) is 22.0. The van der Waals surface area contributed by atoms with Crippen molar-refractivity contribution in [2.24, 2.45) is 0 Å². The third kappa shape index (κ3) is 9.36. The number of H-pyrrole nitrogens is 1. The van der Waals surface area contributed by atoms with Crippen LogP contribution < -0.4 is 22.0 Å². The molecule has 1 aliphatic heterocycles. The standard InChI is InChI=1S/C33H42N4O9/c1-20-18-37(32(42)36-30(20)40)27-17-26(38)29(45-27)28(39)31(41)46-34-16-8-7-9-22(3)35-33(43)44-19-21(2)23-12-14-25(15-13-23)24-10-5-4-6-11-24/h4-6,10-15,18,21-22,26-29,34,38-39H,7-9,16-17,19H2,1-3H3,(H,35,43)(H,36,40,42)/t21?,22?,26-,27+,28?,29-/m0/s1. The molecule has 3 unspecified atom stereocenters. The number of alkyl carbamates (subject to hydrolysis) is 1. The van der Waals surface area contributed by atoms with E-state index in [2.05, 4.69) is 40.0 Å². The van der Waals surface area contributed by atoms with Crippen LogP contribution in [0.15, 0.2) is 70.4 Å². The highest BCUT2D eigenvalue weighted by atomic mass is 16.7. The molecule has 0 saturated carbocycles. The Bertz CT molecular complexity index is 1560. The summed E-state index contributed by atoms with van der Waals surface area (Å²) < 4.78 is 12.1. The van der Waals surface area contributed by atoms with Crippen LogP contribution in [0.25, 0.3) is 11.1 Å². The Morgan fingerprint density at radius 3 is 2.48 bits per heavy atom. The van der Waals surface area contributed by atoms with Crippen molar-refractivity contribution in [1.82, 2.24) is 20.3 Å². The Hall–Kier alpha value is -4.30. The van der Waals surface area contributed by atoms with Crippen molar-refractivity contribution in [1.29, 1.82) is 0 Å². The molecule has 6 atom stereocenters. The molecule has 1 saturated heterocycles. The van der Waals surface area contributed by atoms with E-state index in [1.165, 1.54) is 13.1 Å². The second kappa shape index (κ2) is 16.3. The lowest BCUT2D eigenvalue weighted by molar-refractivity contribution is -0.174. The van der Waals surface area contributed by atoms with Gasteiger partial charge in [0.15, 0.2) is 6.10 Å². The third-order valence-corrected chi connectivity index (χ3v) is 7.90. The maximum atomic E-state index is 12.3. The molecule has 1 aliphatic rings. The second-order valence-electron chi connectivity index (χ2n) is 11.6. The van der Waals surface area contributed by atoms with Crippen LogP contribution in [-0.2, 0) is 19.1 Å². The molecular formula is C33H42N4O9. The van der Waals surface area contributed by atoms with Gasteiger partial charge < -0.3 is 29.8 Å². The number of nitrogens with one attached hydrogen (secondary N) is 3. The molecule has 0 spiro atoms. The van der Waals surface area contributed by atoms with Gasteiger partial charge in [0, 0.05) is 36.7 Å². The van der Waals surface area contributed by atoms with E-state index in [9.17, 15) is 29.4 Å². The zero-order valence-corrected chi connectivity index (χ0v) is 26.2. The molecule has 5 N–H and O–H groups in total. The largest absolute Gasteiger partial charge is 0.449 e. The van der Waals surface area contributed by atoms with E-state index in [0.717, 1.165) is 21.3 Å². The average Bonchev–Trinajstić information content (AvgIpc) is 3.44. The predicted octanol–water partition coefficient (Wildman–Crippen LogP) is 2.66. The van der Waals surface area contributed by atoms with Crippen molar-refractivity contribution in [3.8, 4) is 11.1 Å². The van der Waals surface area contributed by atoms with Gasteiger partial charge in [-0.1, -0.05) is 67.9 Å². The molecule has 1 aromatic heterocycles. The summed E-state index contributed by atoms with van der Waals surface area (Å²) in [6.07, 6.45) is -2.65. The van der Waals surface area contributed by atoms with Crippen LogP contribution in [0.3, 0.4) is 0 Å². The zero-order valence-electron chi connectivity index (χ0n) is 26.2. The van der Waals surface area contributed by atoms with Gasteiger partial charge in [-0.15, -0.1) is 0 Å². The number of unbranched alkanes of at least 4 members (excludes halogenated alkanes) is 1. The van der Waals surface area contributed by atoms with E-state index in [4.69, 9.17) is 14.3 Å². The van der Waals surface area contributed by atoms with Crippen LogP contribution in [0, 0.1) is 6.92 Å². The fourth-order valence-electron chi connectivity index (χ4n) is 5.14. The number of ether oxygens (including phenoxy) is 2. The first-order valence-electron chi connectivity index (χ1n) is 15.4. The van der Waals surface area contributed by atoms with Crippen molar-refractivity contribution in [3.05, 3.63) is 92.8 Å². The van der Waals surface area contributed by atoms with Crippen molar-refractivity contribution in [2.45, 2.75) is 83.0 Å². The van der Waals surface area contributed by atoms with Gasteiger partial charge in [-0.3, -0.25) is 14.3 Å². The fourth-order valence-corrected chi connectivity index (χ4v) is 5.14. The van der Waals surface area contributed by atoms with Crippen LogP contribution in [0.5, 0.6) is 0 Å². The molecule has 2 aromatic carbocycles. The van der Waals surface area contributed by atoms with E-state index in [0.29, 0.717) is 25.8 Å². The van der Waals surface area contributed by atoms with Gasteiger partial charge in [0.2, 0.25) is 0 Å². The maximum absolute atomic E-state index is 12.3. The highest BCUT2D eigenvalue weighted by molar-refractivity contribution is 5.75. The van der Waals surface area contributed by atoms with Crippen LogP contribution >= 0.6 is 0 Å². The first-order valence-corrected chi connectivity index (χ1v) is 15.4. The van der Waals surface area contributed by atoms with Crippen molar-refractivity contribution < 1.29 is 34.1 Å². The summed E-state index contributed by atoms with van der Waals surface area (Å²) >= 11 is 0. The van der Waals surface area contributed by atoms with Crippen molar-refractivity contribution >= 4 is 12.1 Å². The number of aryl methyl sites for hydroxylation is 1. The Morgan fingerprint density at radius 1 is 1.07 bits per heavy atom. The third-order valence-electron chi connectivity index (χ3n) is 7.90. The van der Waals surface area contributed by atoms with Crippen LogP contribution in [0.2, 0.25) is 0 Å². The zero-order chi connectivity index (χ0) is 33.2. The molecule has 13 heteroatoms. The predicted molar refractivity (Wildman–Crippen MR) is 169 cm³/mol. The number of rotatable bonds is 14. The van der Waals surface area contributed by atoms with Gasteiger partial charge >= 0.3 is 17.8 Å². The SMILES string of the molecule is Cc1cn([C@H]2C[C@H](O)[C@@H](C(O)C(=O)ONCCCCC(C)NC(=O)OCC(C)c3ccc(-c4ccccc4)cc3)O2)c(=O)[nH]c1=O. The highest BCUT2D eigenvalue weighted by Crippen LogP contribution is 2.30. The minimum atomic E-state index is -1.81. The smallest absolute Gasteiger partial charge is 0.407 e. The number of hydrogen-bond acceptors (Lipinski definition) is 10. The van der Waals surface area contributed by atoms with Crippen molar-refractivity contribution in [2.75, 3.05) is 13.2 Å². The minimum Gasteiger partial charge on any atom is -0.449 e. The summed E-state index contributed by atoms with van der Waals surface area (Å²) in [6, 6.07) is 18.2. The normalized spacial score (nSPS) is 19.6. The number of benzene rings is 2. The highest BCUT2D eigenvalue weighted by Gasteiger charge is 2.43. The molecule has 1 fully saturated rings. The van der Waals surface area contributed by atoms with Crippen LogP contribution in [0.4, 0.5) is 4.79 Å². The lowest BCUT2D eigenvalue weighted by Crippen LogP contribution is -2.43. The summed E-state index contributed by atoms with van der Waals surface area (Å²) in [6.45, 7) is 5.93. The molecule has 4 rings (SSSR count). The topological polar surface area (TPSA) is 181 Å². The number of aromatic amines is 1. The number of hydrogen-bond donors (Lipinski definition) is 5. The Balaban J connectivity index is 1.08. The van der Waals surface area contributed by atoms with Gasteiger partial charge in [-0.05, 0) is 43.4 Å². The molecule has 0 bridgehead atoms. The van der Waals surface area contributed by atoms with Gasteiger partial charge in [0.1, 0.15) is 12.3 Å². The molecule has 248 valence electrons. The maximum Gasteiger partial charge on any atom is 0.407 e. The van der Waals surface area contributed by atoms with E-state index in [-0.39, 0.29) is 30.6 Å². The summed E-state index contributed by atoms with van der Waals surface area (Å²) in [4.78, 5) is 55.4. The monoisotopic (exact) mass is 638 g/mol. The molecule has 46 heavy (non-hydrogen) atoms. The number of carbonyl (C=O) groups is 2. The number of amides is 1. The number of hydroxylamine groups is 1. The van der Waals surface area contributed by atoms with Gasteiger partial charge in [-0.2, -0.15) is 5.48 Å². The lowest BCUT2D eigenvalue weighted by atomic mass is 9.98. The average molecular weight is 639 g/mol. The van der Waals surface area contributed by atoms with E-state index >= 15 is 0 Å². The Morgan fingerprint density at radius 2 is 1.76 bits per heavy atom. The Labute approximate surface area is 266 Å². The molecule has 2 heterocycles. The number of aliphatic hydroxyl groups excluding tert-OH is 2. The summed E-state index contributed by atoms with van der Waals surface area (Å²) in [7, 11) is 0. The Kier molecular flexibility index (Phi) is 12.3. The summed E-state index contributed by atoms with van der Waals surface area (Å²) in [5.74, 6) is -1.01. The number of nitrogens with zero attached hydrogens (tertiary/aromatic N) is 1. The van der Waals surface area contributed by atoms with E-state index in [1.807, 2.05) is 44.2 Å². The van der Waals surface area contributed by atoms with Gasteiger partial charge in [-0.25, -0.2) is 14.4 Å². The molecule has 3 aromatic rings. The molecule has 13 nitrogen and oxygen atoms in total. The van der Waals surface area contributed by atoms with Crippen LogP contribution in [0.1, 0.15) is 62.8 Å². The quantitative estimate of drug-likeness (QED) is 0.130. The first kappa shape index (κ1) is 34.6. The van der Waals surface area contributed by atoms with Gasteiger partial charge in [0.25, 0.3) is 5.56 Å². The lowest BCUT2D eigenvalue weighted by Gasteiger charge is -2.20. The van der Waals surface area contributed by atoms with Crippen LogP contribution in [-0.4, -0.2) is 69.3 Å². The molecule has 0 aliphatic carbocycles. The molecule has 0 radical (unpaired) electrons. The van der Waals surface area contributed by atoms with E-state index < -0.39 is 47.9 Å². The molecular weight excluding hydrogens is 596 g/mol. The second-order valence-corrected chi connectivity index (χ2v) is 11.6. The number of aliphatic hydroxyl groups is 2. The summed E-state index contributed by atoms with van der Waals surface area (Å²) in [5, 5.41) is 23.5. The number of carbonyl (C=O) groups excluding carboxylic acids is 2. The molecule has 1 amide bonds. The van der Waals surface area contributed by atoms with E-state index in [1.54, 1.807) is 0 Å².